The number of carbonyl (C=O) groups is 6. The van der Waals surface area contributed by atoms with Crippen LogP contribution in [-0.2, 0) is 28.8 Å². The zero-order valence-electron chi connectivity index (χ0n) is 26.7. The zero-order chi connectivity index (χ0) is 31.4. The van der Waals surface area contributed by atoms with Crippen LogP contribution < -0.4 is 0 Å². The van der Waals surface area contributed by atoms with Gasteiger partial charge in [-0.2, -0.15) is 0 Å². The highest BCUT2D eigenvalue weighted by molar-refractivity contribution is 6.02. The van der Waals surface area contributed by atoms with Gasteiger partial charge in [0.05, 0.1) is 0 Å². The lowest BCUT2D eigenvalue weighted by molar-refractivity contribution is -0.150. The Hall–Kier alpha value is -2.76. The second-order valence-corrected chi connectivity index (χ2v) is 16.4. The van der Waals surface area contributed by atoms with Crippen LogP contribution in [0.4, 0.5) is 0 Å². The highest BCUT2D eigenvalue weighted by Gasteiger charge is 2.63. The van der Waals surface area contributed by atoms with Crippen LogP contribution in [0.25, 0.3) is 0 Å². The Morgan fingerprint density at radius 2 is 1.14 bits per heavy atom. The van der Waals surface area contributed by atoms with Gasteiger partial charge in [-0.1, -0.05) is 44.9 Å². The Balaban J connectivity index is 0.000000142. The molecule has 0 heterocycles. The number of ketones is 6. The number of hydrogen-bond donors (Lipinski definition) is 0. The third-order valence-electron chi connectivity index (χ3n) is 14.3. The highest BCUT2D eigenvalue weighted by atomic mass is 16.2. The van der Waals surface area contributed by atoms with E-state index < -0.39 is 10.8 Å². The molecule has 0 aliphatic heterocycles. The molecule has 8 aliphatic carbocycles. The van der Waals surface area contributed by atoms with Crippen LogP contribution >= 0.6 is 0 Å². The van der Waals surface area contributed by atoms with Crippen molar-refractivity contribution >= 4 is 34.7 Å². The SMILES string of the molecule is C[C@]12C=CC(=O)C=C1CC[C@@H]1[C@@H]2C(=O)C[C@]2(C)C(=O)CC[C@@H]12.C[C@]12CCC(=O)C=C1CC[C@@H]1[C@@H]2C(=O)C[C@]2(C)C(=O)CC[C@@H]12. The molecule has 6 fully saturated rings. The summed E-state index contributed by atoms with van der Waals surface area (Å²) in [6, 6.07) is 0. The molecule has 6 saturated carbocycles. The van der Waals surface area contributed by atoms with Gasteiger partial charge in [0.1, 0.15) is 23.1 Å². The number of allylic oxidation sites excluding steroid dienone is 5. The molecule has 44 heavy (non-hydrogen) atoms. The van der Waals surface area contributed by atoms with Crippen LogP contribution in [-0.4, -0.2) is 34.7 Å². The average Bonchev–Trinajstić information content (AvgIpc) is 3.43. The molecule has 8 aliphatic rings. The van der Waals surface area contributed by atoms with E-state index in [2.05, 4.69) is 13.8 Å². The van der Waals surface area contributed by atoms with Gasteiger partial charge in [-0.05, 0) is 92.3 Å². The van der Waals surface area contributed by atoms with Gasteiger partial charge in [-0.3, -0.25) is 28.8 Å². The monoisotopic (exact) mass is 598 g/mol. The molecule has 0 amide bonds. The van der Waals surface area contributed by atoms with Gasteiger partial charge in [0.15, 0.2) is 11.6 Å². The van der Waals surface area contributed by atoms with Crippen molar-refractivity contribution in [2.45, 2.75) is 105 Å². The van der Waals surface area contributed by atoms with Crippen molar-refractivity contribution in [1.29, 1.82) is 0 Å². The molecule has 8 rings (SSSR count). The van der Waals surface area contributed by atoms with Crippen molar-refractivity contribution in [2.75, 3.05) is 0 Å². The third-order valence-corrected chi connectivity index (χ3v) is 14.3. The normalized spacial score (nSPS) is 47.3. The molecule has 234 valence electrons. The largest absolute Gasteiger partial charge is 0.299 e. The first kappa shape index (κ1) is 29.9. The van der Waals surface area contributed by atoms with Crippen LogP contribution in [0.15, 0.2) is 35.5 Å². The van der Waals surface area contributed by atoms with Gasteiger partial charge in [0.25, 0.3) is 0 Å². The Kier molecular flexibility index (Phi) is 6.71. The zero-order valence-corrected chi connectivity index (χ0v) is 26.7. The maximum Gasteiger partial charge on any atom is 0.178 e. The molecule has 10 atom stereocenters. The summed E-state index contributed by atoms with van der Waals surface area (Å²) in [5, 5.41) is 0. The molecule has 0 bridgehead atoms. The topological polar surface area (TPSA) is 102 Å². The fourth-order valence-electron chi connectivity index (χ4n) is 12.0. The van der Waals surface area contributed by atoms with E-state index >= 15 is 0 Å². The fraction of sp³-hybridized carbons (Fsp3) is 0.684. The van der Waals surface area contributed by atoms with E-state index in [0.717, 1.165) is 50.5 Å². The van der Waals surface area contributed by atoms with Crippen molar-refractivity contribution in [3.05, 3.63) is 35.5 Å². The van der Waals surface area contributed by atoms with E-state index in [4.69, 9.17) is 0 Å². The predicted octanol–water partition coefficient (Wildman–Crippen LogP) is 6.31. The van der Waals surface area contributed by atoms with E-state index in [1.54, 1.807) is 12.2 Å². The lowest BCUT2D eigenvalue weighted by atomic mass is 9.47. The van der Waals surface area contributed by atoms with Gasteiger partial charge < -0.3 is 0 Å². The number of fused-ring (bicyclic) bond motifs is 10. The summed E-state index contributed by atoms with van der Waals surface area (Å²) in [4.78, 5) is 74.1. The summed E-state index contributed by atoms with van der Waals surface area (Å²) in [6.07, 6.45) is 16.2. The minimum atomic E-state index is -0.427. The molecule has 0 aromatic rings. The molecule has 0 radical (unpaired) electrons. The molecule has 0 N–H and O–H groups in total. The Morgan fingerprint density at radius 3 is 1.75 bits per heavy atom. The predicted molar refractivity (Wildman–Crippen MR) is 164 cm³/mol. The summed E-state index contributed by atoms with van der Waals surface area (Å²) < 4.78 is 0. The molecular weight excluding hydrogens is 552 g/mol. The van der Waals surface area contributed by atoms with Gasteiger partial charge in [-0.25, -0.2) is 0 Å². The Bertz CT molecular complexity index is 1490. The van der Waals surface area contributed by atoms with Gasteiger partial charge in [-0.15, -0.1) is 0 Å². The van der Waals surface area contributed by atoms with Crippen LogP contribution in [0, 0.1) is 57.2 Å². The van der Waals surface area contributed by atoms with E-state index in [0.29, 0.717) is 55.6 Å². The van der Waals surface area contributed by atoms with Crippen molar-refractivity contribution in [3.8, 4) is 0 Å². The second kappa shape index (κ2) is 9.87. The standard InChI is InChI=1S/C19H24O3.C19H22O3/c2*1-18-8-7-12(20)9-11(18)3-4-13-14-5-6-16(22)19(14,2)10-15(21)17(13)18/h9,13-14,17H,3-8,10H2,1-2H3;7-9,13-14,17H,3-6,10H2,1-2H3/t2*13-,14-,17+,18-,19-/m00/s1. The molecule has 0 spiro atoms. The van der Waals surface area contributed by atoms with E-state index in [9.17, 15) is 28.8 Å². The lowest BCUT2D eigenvalue weighted by Gasteiger charge is -2.55. The maximum atomic E-state index is 13.0. The summed E-state index contributed by atoms with van der Waals surface area (Å²) in [5.74, 6) is 2.67. The van der Waals surface area contributed by atoms with Crippen LogP contribution in [0.3, 0.4) is 0 Å². The van der Waals surface area contributed by atoms with Gasteiger partial charge >= 0.3 is 0 Å². The third kappa shape index (κ3) is 4.04. The highest BCUT2D eigenvalue weighted by Crippen LogP contribution is 2.64. The number of carbonyl (C=O) groups excluding carboxylic acids is 6. The van der Waals surface area contributed by atoms with Crippen molar-refractivity contribution < 1.29 is 28.8 Å². The maximum absolute atomic E-state index is 13.0. The van der Waals surface area contributed by atoms with E-state index in [1.807, 2.05) is 26.0 Å². The lowest BCUT2D eigenvalue weighted by Crippen LogP contribution is -2.55. The Morgan fingerprint density at radius 1 is 0.591 bits per heavy atom. The molecule has 0 aromatic carbocycles. The average molecular weight is 599 g/mol. The second-order valence-electron chi connectivity index (χ2n) is 16.4. The summed E-state index contributed by atoms with van der Waals surface area (Å²) in [5.41, 5.74) is 1.03. The first-order valence-electron chi connectivity index (χ1n) is 17.0. The molecule has 0 unspecified atom stereocenters. The molecule has 0 aromatic heterocycles. The van der Waals surface area contributed by atoms with Crippen LogP contribution in [0.5, 0.6) is 0 Å². The molecule has 6 heteroatoms. The number of hydrogen-bond acceptors (Lipinski definition) is 6. The van der Waals surface area contributed by atoms with Gasteiger partial charge in [0, 0.05) is 60.2 Å². The summed E-state index contributed by atoms with van der Waals surface area (Å²) >= 11 is 0. The van der Waals surface area contributed by atoms with Crippen LogP contribution in [0.2, 0.25) is 0 Å². The molecule has 6 nitrogen and oxygen atoms in total. The van der Waals surface area contributed by atoms with Gasteiger partial charge in [0.2, 0.25) is 0 Å². The summed E-state index contributed by atoms with van der Waals surface area (Å²) in [7, 11) is 0. The summed E-state index contributed by atoms with van der Waals surface area (Å²) in [6.45, 7) is 8.34. The van der Waals surface area contributed by atoms with Crippen molar-refractivity contribution in [2.24, 2.45) is 57.2 Å². The van der Waals surface area contributed by atoms with Crippen molar-refractivity contribution in [3.63, 3.8) is 0 Å². The number of Topliss-reactive ketones (excluding diaryl/α,β-unsaturated/α-hetero) is 4. The first-order valence-corrected chi connectivity index (χ1v) is 17.0. The Labute approximate surface area is 260 Å². The number of rotatable bonds is 0. The fourth-order valence-corrected chi connectivity index (χ4v) is 12.0. The minimum absolute atomic E-state index is 0.0320. The van der Waals surface area contributed by atoms with Crippen LogP contribution in [0.1, 0.15) is 105 Å². The van der Waals surface area contributed by atoms with E-state index in [1.165, 1.54) is 5.57 Å². The first-order chi connectivity index (χ1) is 20.7. The smallest absolute Gasteiger partial charge is 0.178 e. The molecule has 0 saturated heterocycles. The minimum Gasteiger partial charge on any atom is -0.299 e. The quantitative estimate of drug-likeness (QED) is 0.324. The van der Waals surface area contributed by atoms with Crippen molar-refractivity contribution in [1.82, 2.24) is 0 Å². The molecular formula is C38H46O6. The van der Waals surface area contributed by atoms with E-state index in [-0.39, 0.29) is 57.5 Å².